The average Bonchev–Trinajstić information content (AvgIpc) is 2.87. The Labute approximate surface area is 237 Å². The van der Waals surface area contributed by atoms with Gasteiger partial charge in [-0.3, -0.25) is 0 Å². The summed E-state index contributed by atoms with van der Waals surface area (Å²) < 4.78 is 10.6. The van der Waals surface area contributed by atoms with E-state index in [1.807, 2.05) is 0 Å². The third-order valence-electron chi connectivity index (χ3n) is 7.29. The van der Waals surface area contributed by atoms with Crippen LogP contribution in [0.4, 0.5) is 0 Å². The molecule has 3 rings (SSSR count). The van der Waals surface area contributed by atoms with Crippen LogP contribution in [-0.2, 0) is 9.47 Å². The molecule has 36 heavy (non-hydrogen) atoms. The van der Waals surface area contributed by atoms with Crippen molar-refractivity contribution in [3.63, 3.8) is 0 Å². The number of rotatable bonds is 14. The van der Waals surface area contributed by atoms with Gasteiger partial charge in [0.15, 0.2) is 6.29 Å². The molecule has 0 aliphatic heterocycles. The maximum absolute atomic E-state index is 5.32. The van der Waals surface area contributed by atoms with Gasteiger partial charge in [0, 0.05) is 14.2 Å². The second kappa shape index (κ2) is 15.9. The topological polar surface area (TPSA) is 18.5 Å². The van der Waals surface area contributed by atoms with E-state index in [-0.39, 0.29) is 30.3 Å². The molecule has 3 aromatic carbocycles. The minimum atomic E-state index is -1.78. The highest BCUT2D eigenvalue weighted by Crippen LogP contribution is 2.58. The molecule has 4 heteroatoms. The molecule has 3 aromatic rings. The molecule has 0 aliphatic carbocycles. The highest BCUT2D eigenvalue weighted by atomic mass is 127. The molecule has 0 saturated carbocycles. The van der Waals surface area contributed by atoms with Crippen LogP contribution in [0.15, 0.2) is 72.8 Å². The fraction of sp³-hybridized carbons (Fsp3) is 0.438. The van der Waals surface area contributed by atoms with Crippen LogP contribution < -0.4 is 39.9 Å². The minimum Gasteiger partial charge on any atom is -1.00 e. The van der Waals surface area contributed by atoms with Gasteiger partial charge in [0.1, 0.15) is 23.2 Å². The fourth-order valence-electron chi connectivity index (χ4n) is 5.42. The van der Waals surface area contributed by atoms with E-state index in [0.29, 0.717) is 0 Å². The summed E-state index contributed by atoms with van der Waals surface area (Å²) >= 11 is 0. The molecular weight excluding hydrogens is 574 g/mol. The van der Waals surface area contributed by atoms with E-state index >= 15 is 0 Å². The first-order chi connectivity index (χ1) is 17.0. The van der Waals surface area contributed by atoms with Gasteiger partial charge in [0.2, 0.25) is 0 Å². The lowest BCUT2D eigenvalue weighted by Crippen LogP contribution is -3.00. The van der Waals surface area contributed by atoms with E-state index in [9.17, 15) is 0 Å². The molecule has 0 aromatic heterocycles. The van der Waals surface area contributed by atoms with Crippen molar-refractivity contribution in [2.75, 3.05) is 20.4 Å². The standard InChI is InChI=1S/C32H44O2P.HI/c1-26-18-11-14-21-29(26)35(30-22-15-12-19-27(30)2,31-23-16-13-20-28(31)3)25-17-9-7-6-8-10-24-32(33-4)34-5;/h11-16,18-23,32H,6-10,17,24-25H2,1-5H3;1H/q+1;/p-1. The number of hydrogen-bond donors (Lipinski definition) is 0. The molecule has 2 nitrogen and oxygen atoms in total. The Morgan fingerprint density at radius 2 is 0.917 bits per heavy atom. The molecule has 0 atom stereocenters. The molecule has 0 spiro atoms. The zero-order chi connectivity index (χ0) is 25.1. The molecule has 0 amide bonds. The molecule has 0 bridgehead atoms. The van der Waals surface area contributed by atoms with Crippen LogP contribution in [0.1, 0.15) is 61.6 Å². The van der Waals surface area contributed by atoms with Crippen LogP contribution in [0.2, 0.25) is 0 Å². The van der Waals surface area contributed by atoms with Crippen molar-refractivity contribution < 1.29 is 33.5 Å². The second-order valence-electron chi connectivity index (χ2n) is 9.70. The van der Waals surface area contributed by atoms with E-state index in [2.05, 4.69) is 93.6 Å². The van der Waals surface area contributed by atoms with Gasteiger partial charge in [0.05, 0.1) is 6.16 Å². The highest BCUT2D eigenvalue weighted by Gasteiger charge is 2.47. The lowest BCUT2D eigenvalue weighted by Gasteiger charge is -2.31. The van der Waals surface area contributed by atoms with Gasteiger partial charge >= 0.3 is 0 Å². The number of methoxy groups -OCH3 is 2. The first-order valence-corrected chi connectivity index (χ1v) is 15.1. The molecule has 0 radical (unpaired) electrons. The van der Waals surface area contributed by atoms with Crippen molar-refractivity contribution in [1.29, 1.82) is 0 Å². The van der Waals surface area contributed by atoms with Crippen molar-refractivity contribution in [2.45, 2.75) is 72.0 Å². The van der Waals surface area contributed by atoms with Gasteiger partial charge in [-0.15, -0.1) is 0 Å². The number of hydrogen-bond acceptors (Lipinski definition) is 2. The zero-order valence-electron chi connectivity index (χ0n) is 22.8. The Morgan fingerprint density at radius 1 is 0.556 bits per heavy atom. The molecule has 0 unspecified atom stereocenters. The van der Waals surface area contributed by atoms with Crippen LogP contribution in [-0.4, -0.2) is 26.7 Å². The fourth-order valence-corrected chi connectivity index (χ4v) is 10.7. The predicted octanol–water partition coefficient (Wildman–Crippen LogP) is 4.26. The lowest BCUT2D eigenvalue weighted by atomic mass is 10.1. The summed E-state index contributed by atoms with van der Waals surface area (Å²) in [5.74, 6) is 0. The van der Waals surface area contributed by atoms with E-state index in [4.69, 9.17) is 9.47 Å². The van der Waals surface area contributed by atoms with Crippen LogP contribution in [0.5, 0.6) is 0 Å². The Morgan fingerprint density at radius 3 is 1.31 bits per heavy atom. The molecule has 0 N–H and O–H groups in total. The largest absolute Gasteiger partial charge is 1.00 e. The average molecular weight is 619 g/mol. The number of unbranched alkanes of at least 4 members (excludes halogenated alkanes) is 5. The summed E-state index contributed by atoms with van der Waals surface area (Å²) in [7, 11) is 1.66. The van der Waals surface area contributed by atoms with Crippen molar-refractivity contribution in [2.24, 2.45) is 0 Å². The minimum absolute atomic E-state index is 0. The maximum atomic E-state index is 5.32. The first-order valence-electron chi connectivity index (χ1n) is 13.2. The van der Waals surface area contributed by atoms with Crippen LogP contribution in [0, 0.1) is 20.8 Å². The summed E-state index contributed by atoms with van der Waals surface area (Å²) in [6, 6.07) is 27.4. The monoisotopic (exact) mass is 618 g/mol. The quantitative estimate of drug-likeness (QED) is 0.116. The summed E-state index contributed by atoms with van der Waals surface area (Å²) in [4.78, 5) is 0. The van der Waals surface area contributed by atoms with Crippen molar-refractivity contribution in [1.82, 2.24) is 0 Å². The van der Waals surface area contributed by atoms with E-state index < -0.39 is 7.26 Å². The van der Waals surface area contributed by atoms with Crippen LogP contribution in [0.25, 0.3) is 0 Å². The third kappa shape index (κ3) is 7.63. The van der Waals surface area contributed by atoms with Gasteiger partial charge in [-0.2, -0.15) is 0 Å². The van der Waals surface area contributed by atoms with Crippen molar-refractivity contribution in [3.05, 3.63) is 89.5 Å². The Hall–Kier alpha value is -1.26. The normalized spacial score (nSPS) is 11.5. The predicted molar refractivity (Wildman–Crippen MR) is 154 cm³/mol. The van der Waals surface area contributed by atoms with Gasteiger partial charge in [-0.25, -0.2) is 0 Å². The molecule has 0 saturated heterocycles. The van der Waals surface area contributed by atoms with Crippen molar-refractivity contribution >= 4 is 23.2 Å². The summed E-state index contributed by atoms with van der Waals surface area (Å²) in [6.07, 6.45) is 9.67. The molecule has 196 valence electrons. The van der Waals surface area contributed by atoms with Gasteiger partial charge in [-0.05, 0) is 81.3 Å². The summed E-state index contributed by atoms with van der Waals surface area (Å²) in [5, 5.41) is 4.65. The first kappa shape index (κ1) is 31.0. The molecule has 0 heterocycles. The number of aryl methyl sites for hydroxylation is 3. The van der Waals surface area contributed by atoms with E-state index in [0.717, 1.165) is 6.42 Å². The number of ether oxygens (including phenoxy) is 2. The zero-order valence-corrected chi connectivity index (χ0v) is 25.9. The van der Waals surface area contributed by atoms with Crippen LogP contribution in [0.3, 0.4) is 0 Å². The van der Waals surface area contributed by atoms with Gasteiger partial charge in [0.25, 0.3) is 0 Å². The summed E-state index contributed by atoms with van der Waals surface area (Å²) in [6.45, 7) is 6.90. The Bertz CT molecular complexity index is 937. The second-order valence-corrected chi connectivity index (χ2v) is 13.2. The van der Waals surface area contributed by atoms with Gasteiger partial charge < -0.3 is 33.5 Å². The summed E-state index contributed by atoms with van der Waals surface area (Å²) in [5.41, 5.74) is 4.24. The van der Waals surface area contributed by atoms with E-state index in [1.165, 1.54) is 61.4 Å². The van der Waals surface area contributed by atoms with E-state index in [1.54, 1.807) is 30.1 Å². The highest BCUT2D eigenvalue weighted by molar-refractivity contribution is 7.96. The Kier molecular flexibility index (Phi) is 13.6. The molecular formula is C32H44IO2P. The smallest absolute Gasteiger partial charge is 0.156 e. The van der Waals surface area contributed by atoms with Crippen LogP contribution >= 0.6 is 7.26 Å². The van der Waals surface area contributed by atoms with Gasteiger partial charge in [-0.1, -0.05) is 73.9 Å². The SMILES string of the molecule is COC(CCCCCCCC[P+](c1ccccc1C)(c1ccccc1C)c1ccccc1C)OC.[I-]. The molecule has 0 fully saturated rings. The number of halogens is 1. The van der Waals surface area contributed by atoms with Crippen molar-refractivity contribution in [3.8, 4) is 0 Å². The molecule has 0 aliphatic rings. The maximum Gasteiger partial charge on any atom is 0.156 e. The lowest BCUT2D eigenvalue weighted by molar-refractivity contribution is -0.107. The number of benzene rings is 3. The third-order valence-corrected chi connectivity index (χ3v) is 12.2. The Balaban J connectivity index is 0.00000456.